The van der Waals surface area contributed by atoms with Crippen LogP contribution in [0.2, 0.25) is 0 Å². The molecule has 0 bridgehead atoms. The molecule has 0 aliphatic carbocycles. The summed E-state index contributed by atoms with van der Waals surface area (Å²) in [5.41, 5.74) is 2.79. The highest BCUT2D eigenvalue weighted by atomic mass is 19.1. The fourth-order valence-corrected chi connectivity index (χ4v) is 2.71. The van der Waals surface area contributed by atoms with E-state index in [2.05, 4.69) is 15.8 Å². The van der Waals surface area contributed by atoms with Gasteiger partial charge in [-0.25, -0.2) is 9.82 Å². The maximum absolute atomic E-state index is 13.0. The molecule has 33 heavy (non-hydrogen) atoms. The van der Waals surface area contributed by atoms with Crippen molar-refractivity contribution in [2.24, 2.45) is 5.10 Å². The average Bonchev–Trinajstić information content (AvgIpc) is 2.80. The van der Waals surface area contributed by atoms with Crippen LogP contribution in [-0.2, 0) is 0 Å². The van der Waals surface area contributed by atoms with Gasteiger partial charge in [0.25, 0.3) is 17.5 Å². The Balaban J connectivity index is 1.65. The molecular formula is C22H17FN4O6. The third-order valence-electron chi connectivity index (χ3n) is 4.40. The van der Waals surface area contributed by atoms with E-state index in [-0.39, 0.29) is 33.9 Å². The SMILES string of the molecule is COc1cc([N+](=O)[O-])cc(/C=N/NC(=O)c2ccc(NC(=O)c3ccc(F)cc3)cc2)c1O. The van der Waals surface area contributed by atoms with Gasteiger partial charge in [0, 0.05) is 28.4 Å². The van der Waals surface area contributed by atoms with Crippen LogP contribution in [0.4, 0.5) is 15.8 Å². The highest BCUT2D eigenvalue weighted by Crippen LogP contribution is 2.33. The second kappa shape index (κ2) is 10.0. The number of nitro benzene ring substituents is 1. The number of carbonyl (C=O) groups excluding carboxylic acids is 2. The van der Waals surface area contributed by atoms with E-state index in [4.69, 9.17) is 4.74 Å². The van der Waals surface area contributed by atoms with Crippen molar-refractivity contribution in [1.29, 1.82) is 0 Å². The van der Waals surface area contributed by atoms with E-state index < -0.39 is 22.6 Å². The average molecular weight is 452 g/mol. The number of hydrogen-bond donors (Lipinski definition) is 3. The monoisotopic (exact) mass is 452 g/mol. The number of ether oxygens (including phenoxy) is 1. The first-order valence-corrected chi connectivity index (χ1v) is 9.34. The number of hydrazone groups is 1. The Labute approximate surface area is 186 Å². The van der Waals surface area contributed by atoms with Crippen molar-refractivity contribution in [3.63, 3.8) is 0 Å². The number of phenolic OH excluding ortho intramolecular Hbond substituents is 1. The second-order valence-electron chi connectivity index (χ2n) is 6.58. The fraction of sp³-hybridized carbons (Fsp3) is 0.0455. The minimum Gasteiger partial charge on any atom is -0.504 e. The quantitative estimate of drug-likeness (QED) is 0.285. The normalized spacial score (nSPS) is 10.6. The van der Waals surface area contributed by atoms with Crippen LogP contribution >= 0.6 is 0 Å². The van der Waals surface area contributed by atoms with E-state index in [9.17, 15) is 29.2 Å². The lowest BCUT2D eigenvalue weighted by Crippen LogP contribution is -2.18. The summed E-state index contributed by atoms with van der Waals surface area (Å²) in [4.78, 5) is 34.8. The molecule has 0 heterocycles. The number of carbonyl (C=O) groups is 2. The molecule has 0 saturated carbocycles. The molecule has 3 N–H and O–H groups in total. The van der Waals surface area contributed by atoms with Crippen molar-refractivity contribution in [1.82, 2.24) is 5.43 Å². The summed E-state index contributed by atoms with van der Waals surface area (Å²) in [6.07, 6.45) is 1.04. The van der Waals surface area contributed by atoms with E-state index in [0.717, 1.165) is 18.3 Å². The number of non-ortho nitro benzene ring substituents is 1. The number of phenols is 1. The van der Waals surface area contributed by atoms with Crippen molar-refractivity contribution in [3.05, 3.63) is 93.3 Å². The summed E-state index contributed by atoms with van der Waals surface area (Å²) in [6.45, 7) is 0. The van der Waals surface area contributed by atoms with Crippen LogP contribution < -0.4 is 15.5 Å². The number of nitrogens with zero attached hydrogens (tertiary/aromatic N) is 2. The largest absolute Gasteiger partial charge is 0.504 e. The van der Waals surface area contributed by atoms with Gasteiger partial charge in [0.1, 0.15) is 5.82 Å². The van der Waals surface area contributed by atoms with E-state index in [1.54, 1.807) is 0 Å². The van der Waals surface area contributed by atoms with E-state index in [1.165, 1.54) is 55.6 Å². The molecule has 10 nitrogen and oxygen atoms in total. The van der Waals surface area contributed by atoms with Gasteiger partial charge in [-0.3, -0.25) is 19.7 Å². The number of aromatic hydroxyl groups is 1. The summed E-state index contributed by atoms with van der Waals surface area (Å²) in [6, 6.07) is 13.1. The van der Waals surface area contributed by atoms with Gasteiger partial charge in [0.2, 0.25) is 0 Å². The summed E-state index contributed by atoms with van der Waals surface area (Å²) in [5.74, 6) is -1.98. The topological polar surface area (TPSA) is 143 Å². The molecule has 0 aliphatic heterocycles. The zero-order chi connectivity index (χ0) is 24.0. The molecule has 0 unspecified atom stereocenters. The molecule has 168 valence electrons. The first kappa shape index (κ1) is 22.9. The minimum atomic E-state index is -0.658. The van der Waals surface area contributed by atoms with Crippen LogP contribution in [0.5, 0.6) is 11.5 Å². The lowest BCUT2D eigenvalue weighted by Gasteiger charge is -2.07. The third kappa shape index (κ3) is 5.67. The van der Waals surface area contributed by atoms with Crippen LogP contribution in [0.1, 0.15) is 26.3 Å². The highest BCUT2D eigenvalue weighted by molar-refractivity contribution is 6.04. The van der Waals surface area contributed by atoms with Gasteiger partial charge in [-0.1, -0.05) is 0 Å². The molecule has 0 atom stereocenters. The predicted molar refractivity (Wildman–Crippen MR) is 117 cm³/mol. The lowest BCUT2D eigenvalue weighted by atomic mass is 10.1. The summed E-state index contributed by atoms with van der Waals surface area (Å²) >= 11 is 0. The lowest BCUT2D eigenvalue weighted by molar-refractivity contribution is -0.385. The number of nitro groups is 1. The first-order chi connectivity index (χ1) is 15.8. The second-order valence-corrected chi connectivity index (χ2v) is 6.58. The van der Waals surface area contributed by atoms with Crippen molar-refractivity contribution >= 4 is 29.4 Å². The number of anilines is 1. The van der Waals surface area contributed by atoms with Crippen LogP contribution in [0.15, 0.2) is 65.8 Å². The zero-order valence-corrected chi connectivity index (χ0v) is 17.1. The van der Waals surface area contributed by atoms with E-state index in [1.807, 2.05) is 0 Å². The molecule has 0 spiro atoms. The molecule has 0 fully saturated rings. The molecular weight excluding hydrogens is 435 g/mol. The van der Waals surface area contributed by atoms with E-state index >= 15 is 0 Å². The van der Waals surface area contributed by atoms with Gasteiger partial charge in [-0.15, -0.1) is 0 Å². The molecule has 0 saturated heterocycles. The zero-order valence-electron chi connectivity index (χ0n) is 17.1. The fourth-order valence-electron chi connectivity index (χ4n) is 2.71. The van der Waals surface area contributed by atoms with Crippen molar-refractivity contribution in [2.45, 2.75) is 0 Å². The van der Waals surface area contributed by atoms with Gasteiger partial charge in [0.05, 0.1) is 24.3 Å². The minimum absolute atomic E-state index is 0.0276. The number of benzene rings is 3. The van der Waals surface area contributed by atoms with Gasteiger partial charge in [-0.2, -0.15) is 5.10 Å². The standard InChI is InChI=1S/C22H17FN4O6/c1-33-19-11-18(27(31)32)10-15(20(19)28)12-24-26-22(30)14-4-8-17(9-5-14)25-21(29)13-2-6-16(23)7-3-13/h2-12,28H,1H3,(H,25,29)(H,26,30)/b24-12+. The molecule has 0 aromatic heterocycles. The number of amides is 2. The Morgan fingerprint density at radius 1 is 1.06 bits per heavy atom. The van der Waals surface area contributed by atoms with Gasteiger partial charge in [0.15, 0.2) is 11.5 Å². The maximum atomic E-state index is 13.0. The molecule has 0 aliphatic rings. The Morgan fingerprint density at radius 3 is 2.27 bits per heavy atom. The predicted octanol–water partition coefficient (Wildman–Crippen LogP) is 3.46. The summed E-state index contributed by atoms with van der Waals surface area (Å²) < 4.78 is 17.9. The number of methoxy groups -OCH3 is 1. The molecule has 3 rings (SSSR count). The van der Waals surface area contributed by atoms with Gasteiger partial charge >= 0.3 is 0 Å². The molecule has 11 heteroatoms. The highest BCUT2D eigenvalue weighted by Gasteiger charge is 2.16. The van der Waals surface area contributed by atoms with Crippen molar-refractivity contribution < 1.29 is 28.7 Å². The van der Waals surface area contributed by atoms with Crippen molar-refractivity contribution in [2.75, 3.05) is 12.4 Å². The Morgan fingerprint density at radius 2 is 1.67 bits per heavy atom. The number of halogens is 1. The van der Waals surface area contributed by atoms with Crippen LogP contribution in [-0.4, -0.2) is 35.2 Å². The Hall–Kier alpha value is -4.80. The smallest absolute Gasteiger partial charge is 0.274 e. The summed E-state index contributed by atoms with van der Waals surface area (Å²) in [7, 11) is 1.24. The Kier molecular flexibility index (Phi) is 6.94. The third-order valence-corrected chi connectivity index (χ3v) is 4.40. The maximum Gasteiger partial charge on any atom is 0.274 e. The Bertz CT molecular complexity index is 1230. The summed E-state index contributed by atoms with van der Waals surface area (Å²) in [5, 5.41) is 27.4. The van der Waals surface area contributed by atoms with Crippen LogP contribution in [0.25, 0.3) is 0 Å². The van der Waals surface area contributed by atoms with Gasteiger partial charge in [-0.05, 0) is 48.5 Å². The molecule has 3 aromatic rings. The molecule has 0 radical (unpaired) electrons. The molecule has 3 aromatic carbocycles. The molecule has 2 amide bonds. The van der Waals surface area contributed by atoms with Crippen LogP contribution in [0.3, 0.4) is 0 Å². The number of hydrogen-bond acceptors (Lipinski definition) is 7. The number of nitrogens with one attached hydrogen (secondary N) is 2. The van der Waals surface area contributed by atoms with Crippen molar-refractivity contribution in [3.8, 4) is 11.5 Å². The first-order valence-electron chi connectivity index (χ1n) is 9.34. The van der Waals surface area contributed by atoms with E-state index in [0.29, 0.717) is 5.69 Å². The van der Waals surface area contributed by atoms with Gasteiger partial charge < -0.3 is 15.2 Å². The number of rotatable bonds is 7. The van der Waals surface area contributed by atoms with Crippen LogP contribution in [0, 0.1) is 15.9 Å².